The summed E-state index contributed by atoms with van der Waals surface area (Å²) in [4.78, 5) is 0. The quantitative estimate of drug-likeness (QED) is 0.865. The Kier molecular flexibility index (Phi) is 3.19. The molecular weight excluding hydrogens is 214 g/mol. The molecular formula is C12H17N5. The second kappa shape index (κ2) is 4.63. The summed E-state index contributed by atoms with van der Waals surface area (Å²) in [5, 5.41) is 15.9. The minimum absolute atomic E-state index is 0.763. The molecule has 5 nitrogen and oxygen atoms in total. The zero-order chi connectivity index (χ0) is 12.4. The lowest BCUT2D eigenvalue weighted by Crippen LogP contribution is -2.08. The molecule has 0 aliphatic rings. The van der Waals surface area contributed by atoms with Crippen LogP contribution in [-0.4, -0.2) is 27.0 Å². The first kappa shape index (κ1) is 11.7. The highest BCUT2D eigenvalue weighted by Crippen LogP contribution is 2.16. The summed E-state index contributed by atoms with van der Waals surface area (Å²) in [6.45, 7) is 6.80. The number of rotatable bonds is 3. The number of hydrogen-bond donors (Lipinski definition) is 1. The van der Waals surface area contributed by atoms with Gasteiger partial charge in [0.25, 0.3) is 0 Å². The van der Waals surface area contributed by atoms with Crippen molar-refractivity contribution in [2.24, 2.45) is 0 Å². The van der Waals surface area contributed by atoms with Crippen molar-refractivity contribution in [1.82, 2.24) is 25.3 Å². The summed E-state index contributed by atoms with van der Waals surface area (Å²) in [5.41, 5.74) is 4.26. The highest BCUT2D eigenvalue weighted by molar-refractivity contribution is 5.31. The zero-order valence-corrected chi connectivity index (χ0v) is 10.7. The monoisotopic (exact) mass is 231 g/mol. The molecule has 2 aromatic heterocycles. The molecule has 0 radical (unpaired) electrons. The van der Waals surface area contributed by atoms with Crippen LogP contribution >= 0.6 is 0 Å². The molecule has 0 atom stereocenters. The predicted octanol–water partition coefficient (Wildman–Crippen LogP) is 1.31. The van der Waals surface area contributed by atoms with Crippen molar-refractivity contribution in [3.8, 4) is 5.82 Å². The minimum Gasteiger partial charge on any atom is -0.316 e. The van der Waals surface area contributed by atoms with E-state index < -0.39 is 0 Å². The zero-order valence-electron chi connectivity index (χ0n) is 10.7. The molecule has 0 saturated heterocycles. The molecule has 0 unspecified atom stereocenters. The van der Waals surface area contributed by atoms with Crippen molar-refractivity contribution in [3.63, 3.8) is 0 Å². The van der Waals surface area contributed by atoms with Gasteiger partial charge >= 0.3 is 0 Å². The lowest BCUT2D eigenvalue weighted by Gasteiger charge is -2.03. The normalized spacial score (nSPS) is 10.8. The molecule has 90 valence electrons. The second-order valence-corrected chi connectivity index (χ2v) is 4.12. The number of nitrogens with one attached hydrogen (secondary N) is 1. The first-order valence-electron chi connectivity index (χ1n) is 5.64. The largest absolute Gasteiger partial charge is 0.316 e. The van der Waals surface area contributed by atoms with Gasteiger partial charge in [-0.15, -0.1) is 5.10 Å². The summed E-state index contributed by atoms with van der Waals surface area (Å²) < 4.78 is 1.84. The summed E-state index contributed by atoms with van der Waals surface area (Å²) in [6, 6.07) is 3.88. The minimum atomic E-state index is 0.763. The van der Waals surface area contributed by atoms with Gasteiger partial charge in [-0.2, -0.15) is 10.2 Å². The van der Waals surface area contributed by atoms with Crippen LogP contribution in [0, 0.1) is 20.8 Å². The van der Waals surface area contributed by atoms with Crippen LogP contribution < -0.4 is 5.32 Å². The maximum absolute atomic E-state index is 4.50. The van der Waals surface area contributed by atoms with E-state index in [1.165, 1.54) is 5.56 Å². The highest BCUT2D eigenvalue weighted by atomic mass is 15.3. The van der Waals surface area contributed by atoms with E-state index in [0.717, 1.165) is 29.4 Å². The molecule has 0 aliphatic heterocycles. The molecule has 0 bridgehead atoms. The van der Waals surface area contributed by atoms with Gasteiger partial charge in [-0.25, -0.2) is 4.68 Å². The van der Waals surface area contributed by atoms with Crippen LogP contribution in [0.2, 0.25) is 0 Å². The Balaban J connectivity index is 2.46. The molecule has 0 amide bonds. The van der Waals surface area contributed by atoms with E-state index in [4.69, 9.17) is 0 Å². The van der Waals surface area contributed by atoms with Gasteiger partial charge in [0.05, 0.1) is 11.4 Å². The smallest absolute Gasteiger partial charge is 0.175 e. The maximum Gasteiger partial charge on any atom is 0.175 e. The average molecular weight is 231 g/mol. The molecule has 0 saturated carbocycles. The Morgan fingerprint density at radius 2 is 1.94 bits per heavy atom. The van der Waals surface area contributed by atoms with Crippen molar-refractivity contribution in [2.45, 2.75) is 27.3 Å². The lowest BCUT2D eigenvalue weighted by molar-refractivity contribution is 0.770. The van der Waals surface area contributed by atoms with Crippen LogP contribution in [0.4, 0.5) is 0 Å². The van der Waals surface area contributed by atoms with Gasteiger partial charge in [0.1, 0.15) is 0 Å². The van der Waals surface area contributed by atoms with E-state index in [1.807, 2.05) is 44.6 Å². The van der Waals surface area contributed by atoms with Crippen molar-refractivity contribution < 1.29 is 0 Å². The summed E-state index contributed by atoms with van der Waals surface area (Å²) in [6.07, 6.45) is 0. The number of aromatic nitrogens is 4. The fourth-order valence-corrected chi connectivity index (χ4v) is 1.84. The fraction of sp³-hybridized carbons (Fsp3) is 0.417. The molecule has 17 heavy (non-hydrogen) atoms. The topological polar surface area (TPSA) is 55.6 Å². The summed E-state index contributed by atoms with van der Waals surface area (Å²) in [7, 11) is 1.93. The van der Waals surface area contributed by atoms with E-state index in [9.17, 15) is 0 Å². The van der Waals surface area contributed by atoms with Gasteiger partial charge in [0.2, 0.25) is 0 Å². The molecule has 2 rings (SSSR count). The van der Waals surface area contributed by atoms with Crippen molar-refractivity contribution in [2.75, 3.05) is 7.05 Å². The third-order valence-corrected chi connectivity index (χ3v) is 2.80. The molecule has 0 aliphatic carbocycles. The van der Waals surface area contributed by atoms with E-state index >= 15 is 0 Å². The van der Waals surface area contributed by atoms with Gasteiger partial charge in [0, 0.05) is 17.8 Å². The van der Waals surface area contributed by atoms with Gasteiger partial charge in [0.15, 0.2) is 5.82 Å². The van der Waals surface area contributed by atoms with Crippen LogP contribution in [0.5, 0.6) is 0 Å². The molecule has 0 spiro atoms. The lowest BCUT2D eigenvalue weighted by atomic mass is 10.2. The van der Waals surface area contributed by atoms with Gasteiger partial charge < -0.3 is 5.32 Å². The molecule has 2 aromatic rings. The molecule has 1 N–H and O–H groups in total. The SMILES string of the molecule is CNCc1c(C)nn(-c2ccc(C)nn2)c1C. The summed E-state index contributed by atoms with van der Waals surface area (Å²) >= 11 is 0. The molecule has 5 heteroatoms. The van der Waals surface area contributed by atoms with Gasteiger partial charge in [-0.05, 0) is 40.0 Å². The van der Waals surface area contributed by atoms with Crippen LogP contribution in [0.15, 0.2) is 12.1 Å². The first-order chi connectivity index (χ1) is 8.13. The maximum atomic E-state index is 4.50. The van der Waals surface area contributed by atoms with Gasteiger partial charge in [-0.3, -0.25) is 0 Å². The predicted molar refractivity (Wildman–Crippen MR) is 66.1 cm³/mol. The van der Waals surface area contributed by atoms with Crippen molar-refractivity contribution in [1.29, 1.82) is 0 Å². The fourth-order valence-electron chi connectivity index (χ4n) is 1.84. The average Bonchev–Trinajstić information content (AvgIpc) is 2.59. The first-order valence-corrected chi connectivity index (χ1v) is 5.64. The Hall–Kier alpha value is -1.75. The molecule has 2 heterocycles. The van der Waals surface area contributed by atoms with Crippen LogP contribution in [0.3, 0.4) is 0 Å². The Morgan fingerprint density at radius 3 is 2.53 bits per heavy atom. The van der Waals surface area contributed by atoms with E-state index in [-0.39, 0.29) is 0 Å². The number of nitrogens with zero attached hydrogens (tertiary/aromatic N) is 4. The van der Waals surface area contributed by atoms with E-state index in [0.29, 0.717) is 0 Å². The number of aryl methyl sites for hydroxylation is 2. The van der Waals surface area contributed by atoms with Crippen molar-refractivity contribution >= 4 is 0 Å². The second-order valence-electron chi connectivity index (χ2n) is 4.12. The van der Waals surface area contributed by atoms with Crippen molar-refractivity contribution in [3.05, 3.63) is 34.8 Å². The van der Waals surface area contributed by atoms with Gasteiger partial charge in [-0.1, -0.05) is 0 Å². The third-order valence-electron chi connectivity index (χ3n) is 2.80. The molecule has 0 fully saturated rings. The van der Waals surface area contributed by atoms with Crippen LogP contribution in [0.1, 0.15) is 22.6 Å². The third kappa shape index (κ3) is 2.19. The molecule has 0 aromatic carbocycles. The Morgan fingerprint density at radius 1 is 1.18 bits per heavy atom. The Labute approximate surface area is 101 Å². The highest BCUT2D eigenvalue weighted by Gasteiger charge is 2.12. The standard InChI is InChI=1S/C12H17N5/c1-8-5-6-12(15-14-8)17-10(3)11(7-13-4)9(2)16-17/h5-6,13H,7H2,1-4H3. The van der Waals surface area contributed by atoms with Crippen LogP contribution in [-0.2, 0) is 6.54 Å². The van der Waals surface area contributed by atoms with E-state index in [1.54, 1.807) is 0 Å². The Bertz CT molecular complexity index is 512. The summed E-state index contributed by atoms with van der Waals surface area (Å²) in [5.74, 6) is 0.763. The number of hydrogen-bond acceptors (Lipinski definition) is 4. The van der Waals surface area contributed by atoms with Crippen LogP contribution in [0.25, 0.3) is 5.82 Å². The van der Waals surface area contributed by atoms with E-state index in [2.05, 4.69) is 20.6 Å².